The first-order chi connectivity index (χ1) is 7.15. The number of hydrogen-bond acceptors (Lipinski definition) is 3. The van der Waals surface area contributed by atoms with Crippen molar-refractivity contribution >= 4 is 5.91 Å². The van der Waals surface area contributed by atoms with Gasteiger partial charge in [-0.3, -0.25) is 4.79 Å². The Morgan fingerprint density at radius 1 is 1.47 bits per heavy atom. The first-order valence-electron chi connectivity index (χ1n) is 5.85. The van der Waals surface area contributed by atoms with Crippen LogP contribution in [-0.2, 0) is 4.79 Å². The molecule has 1 saturated heterocycles. The lowest BCUT2D eigenvalue weighted by Crippen LogP contribution is -2.61. The molecule has 0 bridgehead atoms. The molecule has 4 nitrogen and oxygen atoms in total. The van der Waals surface area contributed by atoms with Crippen LogP contribution in [0, 0.1) is 5.92 Å². The fourth-order valence-corrected chi connectivity index (χ4v) is 2.48. The van der Waals surface area contributed by atoms with Crippen LogP contribution in [0.4, 0.5) is 0 Å². The second-order valence-corrected chi connectivity index (χ2v) is 4.95. The maximum Gasteiger partial charge on any atom is 0.242 e. The van der Waals surface area contributed by atoms with Gasteiger partial charge >= 0.3 is 0 Å². The molecule has 1 aliphatic heterocycles. The van der Waals surface area contributed by atoms with Crippen molar-refractivity contribution < 1.29 is 9.90 Å². The lowest BCUT2D eigenvalue weighted by atomic mass is 9.76. The number of amides is 1. The third-order valence-electron chi connectivity index (χ3n) is 3.74. The summed E-state index contributed by atoms with van der Waals surface area (Å²) >= 11 is 0. The molecule has 86 valence electrons. The number of aliphatic hydroxyl groups excluding tert-OH is 1. The summed E-state index contributed by atoms with van der Waals surface area (Å²) in [6, 6.07) is 0. The zero-order chi connectivity index (χ0) is 10.9. The first kappa shape index (κ1) is 10.9. The van der Waals surface area contributed by atoms with Crippen LogP contribution in [0.25, 0.3) is 0 Å². The molecule has 0 aromatic rings. The van der Waals surface area contributed by atoms with E-state index in [0.717, 1.165) is 38.6 Å². The van der Waals surface area contributed by atoms with Crippen LogP contribution < -0.4 is 5.73 Å². The highest BCUT2D eigenvalue weighted by Crippen LogP contribution is 2.32. The van der Waals surface area contributed by atoms with Crippen molar-refractivity contribution in [3.8, 4) is 0 Å². The molecule has 2 rings (SSSR count). The van der Waals surface area contributed by atoms with E-state index in [0.29, 0.717) is 6.54 Å². The third-order valence-corrected chi connectivity index (χ3v) is 3.74. The van der Waals surface area contributed by atoms with Gasteiger partial charge in [-0.15, -0.1) is 0 Å². The van der Waals surface area contributed by atoms with Gasteiger partial charge in [-0.05, 0) is 38.0 Å². The van der Waals surface area contributed by atoms with E-state index in [1.165, 1.54) is 0 Å². The highest BCUT2D eigenvalue weighted by molar-refractivity contribution is 5.87. The molecule has 0 spiro atoms. The van der Waals surface area contributed by atoms with E-state index >= 15 is 0 Å². The van der Waals surface area contributed by atoms with Crippen molar-refractivity contribution in [1.82, 2.24) is 4.90 Å². The zero-order valence-electron chi connectivity index (χ0n) is 9.11. The molecule has 4 heteroatoms. The standard InChI is InChI=1S/C11H20N2O2/c12-11(4-2-5-11)10(15)13-6-1-3-9(7-13)8-14/h9,14H,1-8,12H2. The van der Waals surface area contributed by atoms with Gasteiger partial charge < -0.3 is 15.7 Å². The summed E-state index contributed by atoms with van der Waals surface area (Å²) in [6.07, 6.45) is 4.74. The number of piperidine rings is 1. The second-order valence-electron chi connectivity index (χ2n) is 4.95. The second kappa shape index (κ2) is 4.10. The highest BCUT2D eigenvalue weighted by atomic mass is 16.3. The Bertz CT molecular complexity index is 251. The Kier molecular flexibility index (Phi) is 2.98. The van der Waals surface area contributed by atoms with Crippen LogP contribution in [0.2, 0.25) is 0 Å². The molecule has 1 unspecified atom stereocenters. The number of nitrogens with zero attached hydrogens (tertiary/aromatic N) is 1. The molecule has 0 radical (unpaired) electrons. The van der Waals surface area contributed by atoms with Crippen molar-refractivity contribution in [2.75, 3.05) is 19.7 Å². The third kappa shape index (κ3) is 2.01. The van der Waals surface area contributed by atoms with E-state index in [2.05, 4.69) is 0 Å². The number of rotatable bonds is 2. The Morgan fingerprint density at radius 3 is 2.73 bits per heavy atom. The smallest absolute Gasteiger partial charge is 0.242 e. The van der Waals surface area contributed by atoms with Crippen LogP contribution in [0.5, 0.6) is 0 Å². The maximum absolute atomic E-state index is 12.1. The molecule has 1 heterocycles. The van der Waals surface area contributed by atoms with Crippen LogP contribution >= 0.6 is 0 Å². The summed E-state index contributed by atoms with van der Waals surface area (Å²) in [6.45, 7) is 1.68. The Morgan fingerprint density at radius 2 is 2.20 bits per heavy atom. The van der Waals surface area contributed by atoms with Crippen molar-refractivity contribution in [2.24, 2.45) is 11.7 Å². The molecule has 15 heavy (non-hydrogen) atoms. The summed E-state index contributed by atoms with van der Waals surface area (Å²) < 4.78 is 0. The van der Waals surface area contributed by atoms with Gasteiger partial charge in [-0.25, -0.2) is 0 Å². The first-order valence-corrected chi connectivity index (χ1v) is 5.85. The van der Waals surface area contributed by atoms with E-state index in [-0.39, 0.29) is 18.4 Å². The predicted molar refractivity (Wildman–Crippen MR) is 57.2 cm³/mol. The molecule has 3 N–H and O–H groups in total. The molecule has 0 aromatic carbocycles. The van der Waals surface area contributed by atoms with E-state index in [1.54, 1.807) is 0 Å². The molecule has 2 aliphatic rings. The van der Waals surface area contributed by atoms with Gasteiger partial charge in [0.25, 0.3) is 0 Å². The lowest BCUT2D eigenvalue weighted by molar-refractivity contribution is -0.142. The monoisotopic (exact) mass is 212 g/mol. The number of hydrogen-bond donors (Lipinski definition) is 2. The topological polar surface area (TPSA) is 66.6 Å². The number of carbonyl (C=O) groups excluding carboxylic acids is 1. The van der Waals surface area contributed by atoms with Crippen molar-refractivity contribution in [1.29, 1.82) is 0 Å². The lowest BCUT2D eigenvalue weighted by Gasteiger charge is -2.42. The van der Waals surface area contributed by atoms with E-state index in [9.17, 15) is 4.79 Å². The van der Waals surface area contributed by atoms with Gasteiger partial charge in [0, 0.05) is 19.7 Å². The van der Waals surface area contributed by atoms with E-state index < -0.39 is 5.54 Å². The average molecular weight is 212 g/mol. The van der Waals surface area contributed by atoms with Crippen LogP contribution in [-0.4, -0.2) is 41.1 Å². The van der Waals surface area contributed by atoms with Crippen LogP contribution in [0.1, 0.15) is 32.1 Å². The van der Waals surface area contributed by atoms with Crippen LogP contribution in [0.3, 0.4) is 0 Å². The summed E-state index contributed by atoms with van der Waals surface area (Å²) in [7, 11) is 0. The molecule has 1 saturated carbocycles. The number of nitrogens with two attached hydrogens (primary N) is 1. The molecular weight excluding hydrogens is 192 g/mol. The van der Waals surface area contributed by atoms with Crippen molar-refractivity contribution in [2.45, 2.75) is 37.6 Å². The Hall–Kier alpha value is -0.610. The zero-order valence-corrected chi connectivity index (χ0v) is 9.11. The quantitative estimate of drug-likeness (QED) is 0.682. The van der Waals surface area contributed by atoms with Gasteiger partial charge in [0.15, 0.2) is 0 Å². The molecule has 0 aromatic heterocycles. The summed E-state index contributed by atoms with van der Waals surface area (Å²) in [5, 5.41) is 9.10. The van der Waals surface area contributed by atoms with E-state index in [1.807, 2.05) is 4.90 Å². The summed E-state index contributed by atoms with van der Waals surface area (Å²) in [5.74, 6) is 0.360. The normalized spacial score (nSPS) is 29.7. The molecular formula is C11H20N2O2. The van der Waals surface area contributed by atoms with Gasteiger partial charge in [-0.1, -0.05) is 0 Å². The van der Waals surface area contributed by atoms with Gasteiger partial charge in [0.05, 0.1) is 5.54 Å². The van der Waals surface area contributed by atoms with Gasteiger partial charge in [0.2, 0.25) is 5.91 Å². The molecule has 1 atom stereocenters. The van der Waals surface area contributed by atoms with Crippen molar-refractivity contribution in [3.63, 3.8) is 0 Å². The van der Waals surface area contributed by atoms with Crippen molar-refractivity contribution in [3.05, 3.63) is 0 Å². The highest BCUT2D eigenvalue weighted by Gasteiger charge is 2.43. The fourth-order valence-electron chi connectivity index (χ4n) is 2.48. The minimum Gasteiger partial charge on any atom is -0.396 e. The predicted octanol–water partition coefficient (Wildman–Crippen LogP) is 0.0987. The minimum atomic E-state index is -0.572. The minimum absolute atomic E-state index is 0.104. The number of carbonyl (C=O) groups is 1. The Balaban J connectivity index is 1.95. The molecule has 1 aliphatic carbocycles. The number of aliphatic hydroxyl groups is 1. The largest absolute Gasteiger partial charge is 0.396 e. The Labute approximate surface area is 90.4 Å². The maximum atomic E-state index is 12.1. The fraction of sp³-hybridized carbons (Fsp3) is 0.909. The summed E-state index contributed by atoms with van der Waals surface area (Å²) in [4.78, 5) is 13.9. The molecule has 1 amide bonds. The van der Waals surface area contributed by atoms with Gasteiger partial charge in [0.1, 0.15) is 0 Å². The van der Waals surface area contributed by atoms with Crippen LogP contribution in [0.15, 0.2) is 0 Å². The average Bonchev–Trinajstić information content (AvgIpc) is 2.25. The van der Waals surface area contributed by atoms with E-state index in [4.69, 9.17) is 10.8 Å². The van der Waals surface area contributed by atoms with Gasteiger partial charge in [-0.2, -0.15) is 0 Å². The number of likely N-dealkylation sites (tertiary alicyclic amines) is 1. The SMILES string of the molecule is NC1(C(=O)N2CCCC(CO)C2)CCC1. The summed E-state index contributed by atoms with van der Waals surface area (Å²) in [5.41, 5.74) is 5.44. The molecule has 2 fully saturated rings.